The van der Waals surface area contributed by atoms with E-state index in [1.165, 1.54) is 6.07 Å². The quantitative estimate of drug-likeness (QED) is 0.894. The summed E-state index contributed by atoms with van der Waals surface area (Å²) >= 11 is 0. The number of Topliss-reactive ketones (excluding diaryl/α,β-unsaturated/α-hetero) is 1. The topological polar surface area (TPSA) is 57.6 Å². The van der Waals surface area contributed by atoms with Crippen LogP contribution >= 0.6 is 0 Å². The zero-order valence-electron chi connectivity index (χ0n) is 14.3. The van der Waals surface area contributed by atoms with Crippen LogP contribution in [0.5, 0.6) is 0 Å². The summed E-state index contributed by atoms with van der Waals surface area (Å²) in [7, 11) is 0. The first kappa shape index (κ1) is 17.8. The van der Waals surface area contributed by atoms with E-state index in [0.717, 1.165) is 22.6 Å². The van der Waals surface area contributed by atoms with E-state index in [2.05, 4.69) is 0 Å². The molecule has 1 N–H and O–H groups in total. The Hall–Kier alpha value is -3.02. The molecule has 6 heteroatoms. The SMILES string of the molecule is CCC(=O)C1=C(O)C(=O)N(c2ccc(F)c(F)c2)C1c1cccc(C)c1. The lowest BCUT2D eigenvalue weighted by Gasteiger charge is -2.27. The summed E-state index contributed by atoms with van der Waals surface area (Å²) in [5, 5.41) is 10.3. The molecule has 0 saturated heterocycles. The zero-order chi connectivity index (χ0) is 19.0. The molecule has 134 valence electrons. The van der Waals surface area contributed by atoms with E-state index in [4.69, 9.17) is 0 Å². The zero-order valence-corrected chi connectivity index (χ0v) is 14.3. The van der Waals surface area contributed by atoms with Crippen molar-refractivity contribution in [1.29, 1.82) is 0 Å². The van der Waals surface area contributed by atoms with Crippen molar-refractivity contribution < 1.29 is 23.5 Å². The highest BCUT2D eigenvalue weighted by atomic mass is 19.2. The van der Waals surface area contributed by atoms with Gasteiger partial charge in [0.15, 0.2) is 23.2 Å². The van der Waals surface area contributed by atoms with Gasteiger partial charge in [-0.3, -0.25) is 14.5 Å². The van der Waals surface area contributed by atoms with Gasteiger partial charge in [0.05, 0.1) is 11.6 Å². The number of halogens is 2. The number of carbonyl (C=O) groups excluding carboxylic acids is 2. The minimum atomic E-state index is -1.12. The minimum absolute atomic E-state index is 0.0344. The second kappa shape index (κ2) is 6.71. The number of aryl methyl sites for hydroxylation is 1. The fourth-order valence-electron chi connectivity index (χ4n) is 3.14. The lowest BCUT2D eigenvalue weighted by atomic mass is 9.94. The molecule has 0 spiro atoms. The van der Waals surface area contributed by atoms with Gasteiger partial charge >= 0.3 is 0 Å². The third kappa shape index (κ3) is 2.87. The lowest BCUT2D eigenvalue weighted by molar-refractivity contribution is -0.118. The Labute approximate surface area is 149 Å². The highest BCUT2D eigenvalue weighted by Gasteiger charge is 2.44. The summed E-state index contributed by atoms with van der Waals surface area (Å²) in [5.74, 6) is -4.03. The first-order chi connectivity index (χ1) is 12.3. The molecule has 4 nitrogen and oxygen atoms in total. The minimum Gasteiger partial charge on any atom is -0.503 e. The Morgan fingerprint density at radius 3 is 2.50 bits per heavy atom. The Balaban J connectivity index is 2.20. The van der Waals surface area contributed by atoms with Crippen LogP contribution in [-0.2, 0) is 9.59 Å². The largest absolute Gasteiger partial charge is 0.503 e. The van der Waals surface area contributed by atoms with Crippen LogP contribution in [0.1, 0.15) is 30.5 Å². The van der Waals surface area contributed by atoms with E-state index >= 15 is 0 Å². The molecule has 0 aliphatic carbocycles. The lowest BCUT2D eigenvalue weighted by Crippen LogP contribution is -2.31. The van der Waals surface area contributed by atoms with Gasteiger partial charge in [-0.1, -0.05) is 36.8 Å². The fraction of sp³-hybridized carbons (Fsp3) is 0.200. The molecule has 3 rings (SSSR count). The second-order valence-corrected chi connectivity index (χ2v) is 6.13. The molecule has 0 radical (unpaired) electrons. The molecule has 1 unspecified atom stereocenters. The number of amides is 1. The Kier molecular flexibility index (Phi) is 4.59. The van der Waals surface area contributed by atoms with Crippen molar-refractivity contribution in [2.45, 2.75) is 26.3 Å². The van der Waals surface area contributed by atoms with Gasteiger partial charge in [0.25, 0.3) is 5.91 Å². The summed E-state index contributed by atoms with van der Waals surface area (Å²) in [6.07, 6.45) is 0.0978. The van der Waals surface area contributed by atoms with Gasteiger partial charge < -0.3 is 5.11 Å². The standard InChI is InChI=1S/C20H17F2NO3/c1-3-16(24)17-18(12-6-4-5-11(2)9-12)23(20(26)19(17)25)13-7-8-14(21)15(22)10-13/h4-10,18,25H,3H2,1-2H3. The van der Waals surface area contributed by atoms with Gasteiger partial charge in [-0.15, -0.1) is 0 Å². The maximum Gasteiger partial charge on any atom is 0.294 e. The van der Waals surface area contributed by atoms with Gasteiger partial charge in [0, 0.05) is 18.2 Å². The van der Waals surface area contributed by atoms with Crippen molar-refractivity contribution in [2.75, 3.05) is 4.90 Å². The summed E-state index contributed by atoms with van der Waals surface area (Å²) < 4.78 is 27.0. The fourth-order valence-corrected chi connectivity index (χ4v) is 3.14. The Morgan fingerprint density at radius 2 is 1.88 bits per heavy atom. The number of carbonyl (C=O) groups is 2. The average Bonchev–Trinajstić information content (AvgIpc) is 2.88. The molecule has 1 amide bonds. The Morgan fingerprint density at radius 1 is 1.15 bits per heavy atom. The summed E-state index contributed by atoms with van der Waals surface area (Å²) in [6.45, 7) is 3.48. The van der Waals surface area contributed by atoms with Gasteiger partial charge in [0.1, 0.15) is 0 Å². The van der Waals surface area contributed by atoms with Crippen LogP contribution in [0.15, 0.2) is 53.8 Å². The first-order valence-electron chi connectivity index (χ1n) is 8.16. The number of rotatable bonds is 4. The van der Waals surface area contributed by atoms with Crippen molar-refractivity contribution in [3.63, 3.8) is 0 Å². The summed E-state index contributed by atoms with van der Waals surface area (Å²) in [5.41, 5.74) is 1.53. The van der Waals surface area contributed by atoms with Gasteiger partial charge in [-0.2, -0.15) is 0 Å². The van der Waals surface area contributed by atoms with E-state index in [0.29, 0.717) is 5.56 Å². The predicted molar refractivity (Wildman–Crippen MR) is 92.7 cm³/mol. The second-order valence-electron chi connectivity index (χ2n) is 6.13. The van der Waals surface area contributed by atoms with Crippen LogP contribution < -0.4 is 4.90 Å². The third-order valence-corrected chi connectivity index (χ3v) is 4.37. The number of ketones is 1. The third-order valence-electron chi connectivity index (χ3n) is 4.37. The molecular formula is C20H17F2NO3. The first-order valence-corrected chi connectivity index (χ1v) is 8.16. The van der Waals surface area contributed by atoms with Gasteiger partial charge in [-0.25, -0.2) is 8.78 Å². The van der Waals surface area contributed by atoms with Crippen molar-refractivity contribution in [3.8, 4) is 0 Å². The molecule has 1 heterocycles. The smallest absolute Gasteiger partial charge is 0.294 e. The Bertz CT molecular complexity index is 936. The summed E-state index contributed by atoms with van der Waals surface area (Å²) in [6, 6.07) is 9.25. The van der Waals surface area contributed by atoms with E-state index in [1.54, 1.807) is 25.1 Å². The van der Waals surface area contributed by atoms with Crippen LogP contribution in [-0.4, -0.2) is 16.8 Å². The van der Waals surface area contributed by atoms with Crippen LogP contribution in [0, 0.1) is 18.6 Å². The molecule has 26 heavy (non-hydrogen) atoms. The maximum atomic E-state index is 13.7. The number of aliphatic hydroxyl groups is 1. The van der Waals surface area contributed by atoms with Crippen molar-refractivity contribution >= 4 is 17.4 Å². The monoisotopic (exact) mass is 357 g/mol. The summed E-state index contributed by atoms with van der Waals surface area (Å²) in [4.78, 5) is 26.2. The highest BCUT2D eigenvalue weighted by molar-refractivity contribution is 6.16. The molecule has 0 aromatic heterocycles. The maximum absolute atomic E-state index is 13.7. The molecule has 2 aromatic carbocycles. The number of hydrogen-bond donors (Lipinski definition) is 1. The predicted octanol–water partition coefficient (Wildman–Crippen LogP) is 4.15. The molecule has 1 aliphatic rings. The van der Waals surface area contributed by atoms with Crippen molar-refractivity contribution in [1.82, 2.24) is 0 Å². The van der Waals surface area contributed by atoms with Crippen LogP contribution in [0.2, 0.25) is 0 Å². The molecule has 1 atom stereocenters. The normalized spacial score (nSPS) is 17.2. The van der Waals surface area contributed by atoms with Gasteiger partial charge in [0.2, 0.25) is 0 Å². The van der Waals surface area contributed by atoms with Gasteiger partial charge in [-0.05, 0) is 24.6 Å². The number of anilines is 1. The van der Waals surface area contributed by atoms with Crippen LogP contribution in [0.4, 0.5) is 14.5 Å². The molecule has 0 fully saturated rings. The van der Waals surface area contributed by atoms with Crippen molar-refractivity contribution in [3.05, 3.63) is 76.6 Å². The molecule has 0 bridgehead atoms. The van der Waals surface area contributed by atoms with E-state index in [1.807, 2.05) is 13.0 Å². The number of nitrogens with zero attached hydrogens (tertiary/aromatic N) is 1. The van der Waals surface area contributed by atoms with E-state index < -0.39 is 29.3 Å². The highest BCUT2D eigenvalue weighted by Crippen LogP contribution is 2.41. The molecule has 2 aromatic rings. The molecule has 1 aliphatic heterocycles. The average molecular weight is 357 g/mol. The molecular weight excluding hydrogens is 340 g/mol. The van der Waals surface area contributed by atoms with Crippen LogP contribution in [0.3, 0.4) is 0 Å². The molecule has 0 saturated carbocycles. The van der Waals surface area contributed by atoms with Crippen molar-refractivity contribution in [2.24, 2.45) is 0 Å². The van der Waals surface area contributed by atoms with E-state index in [-0.39, 0.29) is 23.5 Å². The number of benzene rings is 2. The van der Waals surface area contributed by atoms with E-state index in [9.17, 15) is 23.5 Å². The number of aliphatic hydroxyl groups excluding tert-OH is 1. The van der Waals surface area contributed by atoms with Crippen LogP contribution in [0.25, 0.3) is 0 Å². The number of hydrogen-bond acceptors (Lipinski definition) is 3.